The summed E-state index contributed by atoms with van der Waals surface area (Å²) in [6, 6.07) is 0.337. The summed E-state index contributed by atoms with van der Waals surface area (Å²) in [5.41, 5.74) is 0. The lowest BCUT2D eigenvalue weighted by atomic mass is 9.93. The Hall–Kier alpha value is -0.810. The summed E-state index contributed by atoms with van der Waals surface area (Å²) < 4.78 is 5.47. The minimum atomic E-state index is -0.0612. The molecule has 15 heavy (non-hydrogen) atoms. The number of rotatable bonds is 3. The molecular formula is C10H19N3O2. The van der Waals surface area contributed by atoms with Gasteiger partial charge in [-0.25, -0.2) is 4.79 Å². The van der Waals surface area contributed by atoms with Gasteiger partial charge in [-0.15, -0.1) is 0 Å². The van der Waals surface area contributed by atoms with Crippen molar-refractivity contribution in [3.8, 4) is 0 Å². The molecule has 1 aliphatic heterocycles. The highest BCUT2D eigenvalue weighted by Crippen LogP contribution is 2.17. The largest absolute Gasteiger partial charge is 0.374 e. The topological polar surface area (TPSA) is 62.4 Å². The molecule has 0 aromatic rings. The number of carbonyl (C=O) groups is 1. The SMILES string of the molecule is O=C(NCC1CNCCO1)NC1CCC1. The molecular weight excluding hydrogens is 194 g/mol. The zero-order valence-corrected chi connectivity index (χ0v) is 8.92. The van der Waals surface area contributed by atoms with Gasteiger partial charge < -0.3 is 20.7 Å². The summed E-state index contributed by atoms with van der Waals surface area (Å²) in [5.74, 6) is 0. The zero-order valence-electron chi connectivity index (χ0n) is 8.92. The fourth-order valence-corrected chi connectivity index (χ4v) is 1.75. The predicted octanol–water partition coefficient (Wildman–Crippen LogP) is -0.173. The Balaban J connectivity index is 1.57. The van der Waals surface area contributed by atoms with Crippen LogP contribution in [0.2, 0.25) is 0 Å². The van der Waals surface area contributed by atoms with Gasteiger partial charge in [-0.3, -0.25) is 0 Å². The third-order valence-corrected chi connectivity index (χ3v) is 2.94. The molecule has 1 aliphatic carbocycles. The predicted molar refractivity (Wildman–Crippen MR) is 56.8 cm³/mol. The highest BCUT2D eigenvalue weighted by atomic mass is 16.5. The van der Waals surface area contributed by atoms with E-state index in [1.165, 1.54) is 6.42 Å². The average molecular weight is 213 g/mol. The zero-order chi connectivity index (χ0) is 10.5. The van der Waals surface area contributed by atoms with E-state index in [0.717, 1.165) is 32.5 Å². The third kappa shape index (κ3) is 3.35. The van der Waals surface area contributed by atoms with Gasteiger partial charge in [0.15, 0.2) is 0 Å². The van der Waals surface area contributed by atoms with Gasteiger partial charge in [0, 0.05) is 25.7 Å². The van der Waals surface area contributed by atoms with E-state index in [9.17, 15) is 4.79 Å². The molecule has 0 aromatic carbocycles. The first-order chi connectivity index (χ1) is 7.34. The summed E-state index contributed by atoms with van der Waals surface area (Å²) in [4.78, 5) is 11.4. The van der Waals surface area contributed by atoms with Crippen LogP contribution in [0.3, 0.4) is 0 Å². The molecule has 86 valence electrons. The molecule has 1 heterocycles. The van der Waals surface area contributed by atoms with E-state index in [0.29, 0.717) is 12.6 Å². The minimum absolute atomic E-state index is 0.0612. The number of urea groups is 1. The van der Waals surface area contributed by atoms with E-state index in [2.05, 4.69) is 16.0 Å². The van der Waals surface area contributed by atoms with Crippen molar-refractivity contribution in [2.45, 2.75) is 31.4 Å². The maximum absolute atomic E-state index is 11.4. The van der Waals surface area contributed by atoms with E-state index in [-0.39, 0.29) is 12.1 Å². The van der Waals surface area contributed by atoms with E-state index in [4.69, 9.17) is 4.74 Å². The van der Waals surface area contributed by atoms with Crippen LogP contribution in [-0.4, -0.2) is 44.4 Å². The second-order valence-electron chi connectivity index (χ2n) is 4.18. The number of nitrogens with one attached hydrogen (secondary N) is 3. The number of hydrogen-bond acceptors (Lipinski definition) is 3. The van der Waals surface area contributed by atoms with E-state index in [1.54, 1.807) is 0 Å². The lowest BCUT2D eigenvalue weighted by Gasteiger charge is -2.28. The van der Waals surface area contributed by atoms with Crippen LogP contribution in [0, 0.1) is 0 Å². The van der Waals surface area contributed by atoms with Crippen molar-refractivity contribution in [1.82, 2.24) is 16.0 Å². The number of morpholine rings is 1. The molecule has 0 spiro atoms. The Labute approximate surface area is 89.9 Å². The van der Waals surface area contributed by atoms with Gasteiger partial charge in [0.1, 0.15) is 0 Å². The van der Waals surface area contributed by atoms with Crippen LogP contribution in [0.25, 0.3) is 0 Å². The maximum atomic E-state index is 11.4. The summed E-state index contributed by atoms with van der Waals surface area (Å²) in [6.45, 7) is 3.05. The Morgan fingerprint density at radius 2 is 2.33 bits per heavy atom. The van der Waals surface area contributed by atoms with Crippen molar-refractivity contribution in [3.63, 3.8) is 0 Å². The Bertz CT molecular complexity index is 213. The molecule has 1 unspecified atom stereocenters. The van der Waals surface area contributed by atoms with Gasteiger partial charge in [0.05, 0.1) is 12.7 Å². The number of hydrogen-bond donors (Lipinski definition) is 3. The first kappa shape index (κ1) is 10.7. The van der Waals surface area contributed by atoms with Gasteiger partial charge in [-0.2, -0.15) is 0 Å². The van der Waals surface area contributed by atoms with E-state index < -0.39 is 0 Å². The van der Waals surface area contributed by atoms with Gasteiger partial charge in [0.2, 0.25) is 0 Å². The van der Waals surface area contributed by atoms with E-state index in [1.807, 2.05) is 0 Å². The van der Waals surface area contributed by atoms with Gasteiger partial charge in [-0.05, 0) is 19.3 Å². The molecule has 0 radical (unpaired) electrons. The molecule has 5 heteroatoms. The third-order valence-electron chi connectivity index (χ3n) is 2.94. The molecule has 1 saturated carbocycles. The van der Waals surface area contributed by atoms with Crippen LogP contribution >= 0.6 is 0 Å². The lowest BCUT2D eigenvalue weighted by molar-refractivity contribution is 0.0306. The van der Waals surface area contributed by atoms with Gasteiger partial charge >= 0.3 is 6.03 Å². The van der Waals surface area contributed by atoms with Crippen LogP contribution in [-0.2, 0) is 4.74 Å². The minimum Gasteiger partial charge on any atom is -0.374 e. The van der Waals surface area contributed by atoms with Crippen LogP contribution in [0.15, 0.2) is 0 Å². The Morgan fingerprint density at radius 1 is 1.47 bits per heavy atom. The quantitative estimate of drug-likeness (QED) is 0.610. The molecule has 2 fully saturated rings. The summed E-state index contributed by atoms with van der Waals surface area (Å²) in [5, 5.41) is 8.99. The van der Waals surface area contributed by atoms with Gasteiger partial charge in [0.25, 0.3) is 0 Å². The van der Waals surface area contributed by atoms with Gasteiger partial charge in [-0.1, -0.05) is 0 Å². The molecule has 0 bridgehead atoms. The normalized spacial score (nSPS) is 26.8. The average Bonchev–Trinajstić information content (AvgIpc) is 2.22. The summed E-state index contributed by atoms with van der Waals surface area (Å²) in [6.07, 6.45) is 3.59. The van der Waals surface area contributed by atoms with Crippen LogP contribution < -0.4 is 16.0 Å². The molecule has 5 nitrogen and oxygen atoms in total. The summed E-state index contributed by atoms with van der Waals surface area (Å²) in [7, 11) is 0. The second-order valence-corrected chi connectivity index (χ2v) is 4.18. The molecule has 3 N–H and O–H groups in total. The fourth-order valence-electron chi connectivity index (χ4n) is 1.75. The van der Waals surface area contributed by atoms with Crippen LogP contribution in [0.5, 0.6) is 0 Å². The standard InChI is InChI=1S/C10H19N3O2/c14-10(13-8-2-1-3-8)12-7-9-6-11-4-5-15-9/h8-9,11H,1-7H2,(H2,12,13,14). The summed E-state index contributed by atoms with van der Waals surface area (Å²) >= 11 is 0. The van der Waals surface area contributed by atoms with Crippen molar-refractivity contribution < 1.29 is 9.53 Å². The Morgan fingerprint density at radius 3 is 2.93 bits per heavy atom. The monoisotopic (exact) mass is 213 g/mol. The second kappa shape index (κ2) is 5.32. The lowest BCUT2D eigenvalue weighted by Crippen LogP contribution is -2.50. The van der Waals surface area contributed by atoms with E-state index >= 15 is 0 Å². The molecule has 1 saturated heterocycles. The first-order valence-electron chi connectivity index (χ1n) is 5.71. The van der Waals surface area contributed by atoms with Crippen molar-refractivity contribution in [2.75, 3.05) is 26.2 Å². The highest BCUT2D eigenvalue weighted by Gasteiger charge is 2.20. The van der Waals surface area contributed by atoms with Crippen LogP contribution in [0.1, 0.15) is 19.3 Å². The van der Waals surface area contributed by atoms with Crippen molar-refractivity contribution in [1.29, 1.82) is 0 Å². The van der Waals surface area contributed by atoms with Crippen LogP contribution in [0.4, 0.5) is 4.79 Å². The fraction of sp³-hybridized carbons (Fsp3) is 0.900. The van der Waals surface area contributed by atoms with Crippen molar-refractivity contribution >= 4 is 6.03 Å². The molecule has 2 rings (SSSR count). The Kier molecular flexibility index (Phi) is 3.80. The number of carbonyl (C=O) groups excluding carboxylic acids is 1. The molecule has 0 aromatic heterocycles. The number of amides is 2. The first-order valence-corrected chi connectivity index (χ1v) is 5.71. The maximum Gasteiger partial charge on any atom is 0.315 e. The molecule has 2 amide bonds. The van der Waals surface area contributed by atoms with Crippen molar-refractivity contribution in [2.24, 2.45) is 0 Å². The smallest absolute Gasteiger partial charge is 0.315 e. The number of ether oxygens (including phenoxy) is 1. The highest BCUT2D eigenvalue weighted by molar-refractivity contribution is 5.74. The van der Waals surface area contributed by atoms with Crippen molar-refractivity contribution in [3.05, 3.63) is 0 Å². The molecule has 2 aliphatic rings. The molecule has 1 atom stereocenters.